The Morgan fingerprint density at radius 1 is 0.800 bits per heavy atom. The Morgan fingerprint density at radius 3 is 1.76 bits per heavy atom. The number of hydrogen-bond donors (Lipinski definition) is 1. The predicted octanol–water partition coefficient (Wildman–Crippen LogP) is 6.94. The van der Waals surface area contributed by atoms with Crippen molar-refractivity contribution in [2.75, 3.05) is 0 Å². The van der Waals surface area contributed by atoms with Gasteiger partial charge in [0.1, 0.15) is 5.75 Å². The minimum Gasteiger partial charge on any atom is -0.508 e. The molecule has 3 rings (SSSR count). The maximum absolute atomic E-state index is 9.76. The van der Waals surface area contributed by atoms with Crippen LogP contribution in [0.15, 0.2) is 54.6 Å². The predicted molar refractivity (Wildman–Crippen MR) is 108 cm³/mol. The fraction of sp³-hybridized carbons (Fsp3) is 0.500. The first-order valence-corrected chi connectivity index (χ1v) is 10.1. The van der Waals surface area contributed by atoms with Crippen LogP contribution in [0, 0.1) is 11.8 Å². The van der Waals surface area contributed by atoms with Gasteiger partial charge >= 0.3 is 0 Å². The second kappa shape index (κ2) is 9.08. The third kappa shape index (κ3) is 3.61. The zero-order chi connectivity index (χ0) is 18.3. The molecule has 2 aromatic carbocycles. The van der Waals surface area contributed by atoms with Crippen molar-refractivity contribution in [3.05, 3.63) is 65.7 Å². The fourth-order valence-corrected chi connectivity index (χ4v) is 5.01. The molecule has 1 aliphatic rings. The quantitative estimate of drug-likeness (QED) is 0.640. The van der Waals surface area contributed by atoms with Crippen molar-refractivity contribution in [3.63, 3.8) is 0 Å². The van der Waals surface area contributed by atoms with Gasteiger partial charge < -0.3 is 5.11 Å². The Labute approximate surface area is 154 Å². The summed E-state index contributed by atoms with van der Waals surface area (Å²) in [6.45, 7) is 8.67. The third-order valence-electron chi connectivity index (χ3n) is 5.98. The van der Waals surface area contributed by atoms with Crippen LogP contribution >= 0.6 is 0 Å². The molecule has 2 atom stereocenters. The van der Waals surface area contributed by atoms with Gasteiger partial charge in [0.2, 0.25) is 0 Å². The monoisotopic (exact) mass is 338 g/mol. The molecular weight excluding hydrogens is 304 g/mol. The zero-order valence-electron chi connectivity index (χ0n) is 16.3. The average molecular weight is 339 g/mol. The van der Waals surface area contributed by atoms with E-state index in [2.05, 4.69) is 56.3 Å². The van der Waals surface area contributed by atoms with Crippen LogP contribution in [-0.2, 0) is 5.41 Å². The van der Waals surface area contributed by atoms with Crippen molar-refractivity contribution in [1.29, 1.82) is 0 Å². The van der Waals surface area contributed by atoms with Crippen LogP contribution in [-0.4, -0.2) is 5.11 Å². The van der Waals surface area contributed by atoms with Crippen LogP contribution < -0.4 is 0 Å². The van der Waals surface area contributed by atoms with Gasteiger partial charge in [-0.2, -0.15) is 0 Å². The lowest BCUT2D eigenvalue weighted by atomic mass is 9.53. The van der Waals surface area contributed by atoms with E-state index in [1.807, 2.05) is 26.0 Å². The lowest BCUT2D eigenvalue weighted by Gasteiger charge is -2.51. The third-order valence-corrected chi connectivity index (χ3v) is 5.98. The first kappa shape index (κ1) is 19.6. The molecule has 1 aliphatic carbocycles. The van der Waals surface area contributed by atoms with E-state index in [1.165, 1.54) is 43.2 Å². The number of hydrogen-bond acceptors (Lipinski definition) is 1. The van der Waals surface area contributed by atoms with Gasteiger partial charge in [0.05, 0.1) is 0 Å². The van der Waals surface area contributed by atoms with Gasteiger partial charge in [-0.1, -0.05) is 89.4 Å². The van der Waals surface area contributed by atoms with Gasteiger partial charge in [0.15, 0.2) is 0 Å². The molecule has 0 aliphatic heterocycles. The van der Waals surface area contributed by atoms with Gasteiger partial charge in [0, 0.05) is 5.41 Å². The van der Waals surface area contributed by atoms with Crippen LogP contribution in [0.3, 0.4) is 0 Å². The molecule has 1 saturated carbocycles. The Morgan fingerprint density at radius 2 is 1.28 bits per heavy atom. The summed E-state index contributed by atoms with van der Waals surface area (Å²) in [7, 11) is 0. The molecule has 2 unspecified atom stereocenters. The molecular formula is C24H34O. The molecule has 1 heteroatoms. The van der Waals surface area contributed by atoms with Crippen molar-refractivity contribution >= 4 is 0 Å². The van der Waals surface area contributed by atoms with E-state index in [4.69, 9.17) is 0 Å². The first-order valence-electron chi connectivity index (χ1n) is 10.1. The normalized spacial score (nSPS) is 25.8. The van der Waals surface area contributed by atoms with Crippen molar-refractivity contribution < 1.29 is 5.11 Å². The molecule has 0 aromatic heterocycles. The van der Waals surface area contributed by atoms with Crippen molar-refractivity contribution in [2.24, 2.45) is 11.8 Å². The highest BCUT2D eigenvalue weighted by molar-refractivity contribution is 5.44. The minimum atomic E-state index is 0.0801. The fourth-order valence-electron chi connectivity index (χ4n) is 5.01. The molecule has 0 heterocycles. The largest absolute Gasteiger partial charge is 0.508 e. The summed E-state index contributed by atoms with van der Waals surface area (Å²) in [5.74, 6) is 1.68. The molecule has 25 heavy (non-hydrogen) atoms. The number of aromatic hydroxyl groups is 1. The van der Waals surface area contributed by atoms with Gasteiger partial charge in [-0.15, -0.1) is 0 Å². The Kier molecular flexibility index (Phi) is 7.11. The topological polar surface area (TPSA) is 20.2 Å². The lowest BCUT2D eigenvalue weighted by molar-refractivity contribution is 0.133. The average Bonchev–Trinajstić information content (AvgIpc) is 2.70. The van der Waals surface area contributed by atoms with E-state index < -0.39 is 0 Å². The van der Waals surface area contributed by atoms with Crippen LogP contribution in [0.4, 0.5) is 0 Å². The summed E-state index contributed by atoms with van der Waals surface area (Å²) in [5, 5.41) is 9.76. The second-order valence-corrected chi connectivity index (χ2v) is 6.92. The molecule has 0 spiro atoms. The molecule has 0 saturated heterocycles. The van der Waals surface area contributed by atoms with Gasteiger partial charge in [-0.05, 0) is 47.9 Å². The first-order chi connectivity index (χ1) is 12.2. The van der Waals surface area contributed by atoms with E-state index in [0.29, 0.717) is 17.6 Å². The van der Waals surface area contributed by atoms with Crippen LogP contribution in [0.25, 0.3) is 0 Å². The van der Waals surface area contributed by atoms with E-state index in [0.717, 1.165) is 0 Å². The Bertz CT molecular complexity index is 602. The lowest BCUT2D eigenvalue weighted by Crippen LogP contribution is -2.46. The van der Waals surface area contributed by atoms with E-state index in [9.17, 15) is 5.11 Å². The van der Waals surface area contributed by atoms with Gasteiger partial charge in [-0.3, -0.25) is 0 Å². The van der Waals surface area contributed by atoms with Crippen LogP contribution in [0.1, 0.15) is 70.9 Å². The minimum absolute atomic E-state index is 0.0801. The van der Waals surface area contributed by atoms with E-state index in [-0.39, 0.29) is 5.41 Å². The Hall–Kier alpha value is -1.76. The second-order valence-electron chi connectivity index (χ2n) is 6.92. The summed E-state index contributed by atoms with van der Waals surface area (Å²) in [6.07, 6.45) is 6.33. The van der Waals surface area contributed by atoms with E-state index >= 15 is 0 Å². The Balaban J connectivity index is 0.00000109. The maximum Gasteiger partial charge on any atom is 0.115 e. The maximum atomic E-state index is 9.76. The van der Waals surface area contributed by atoms with Crippen molar-refractivity contribution in [1.82, 2.24) is 0 Å². The molecule has 2 aromatic rings. The van der Waals surface area contributed by atoms with Gasteiger partial charge in [0.25, 0.3) is 0 Å². The number of phenols is 1. The summed E-state index contributed by atoms with van der Waals surface area (Å²) in [5.41, 5.74) is 2.90. The summed E-state index contributed by atoms with van der Waals surface area (Å²) in [4.78, 5) is 0. The zero-order valence-corrected chi connectivity index (χ0v) is 16.3. The molecule has 0 bridgehead atoms. The van der Waals surface area contributed by atoms with Crippen molar-refractivity contribution in [2.45, 2.75) is 65.2 Å². The summed E-state index contributed by atoms with van der Waals surface area (Å²) < 4.78 is 0. The molecule has 136 valence electrons. The van der Waals surface area contributed by atoms with Crippen molar-refractivity contribution in [3.8, 4) is 5.75 Å². The highest BCUT2D eigenvalue weighted by atomic mass is 16.3. The highest BCUT2D eigenvalue weighted by Crippen LogP contribution is 2.54. The molecule has 1 nitrogen and oxygen atoms in total. The van der Waals surface area contributed by atoms with E-state index in [1.54, 1.807) is 0 Å². The molecule has 0 amide bonds. The van der Waals surface area contributed by atoms with Gasteiger partial charge in [-0.25, -0.2) is 0 Å². The summed E-state index contributed by atoms with van der Waals surface area (Å²) in [6, 6.07) is 19.1. The number of benzene rings is 2. The smallest absolute Gasteiger partial charge is 0.115 e. The standard InChI is InChI=1S/C22H28O.C2H6/c1-3-17-11-8-12-18(4-2)22(17,19-9-6-5-7-10-19)20-13-15-21(23)16-14-20;1-2/h5-7,9-10,13-18,23H,3-4,8,11-12H2,1-2H3;1-2H3. The molecule has 1 N–H and O–H groups in total. The van der Waals surface area contributed by atoms with Crippen LogP contribution in [0.5, 0.6) is 5.75 Å². The highest BCUT2D eigenvalue weighted by Gasteiger charge is 2.48. The molecule has 1 fully saturated rings. The number of phenolic OH excluding ortho intramolecular Hbond substituents is 1. The molecule has 0 radical (unpaired) electrons. The van der Waals surface area contributed by atoms with Crippen LogP contribution in [0.2, 0.25) is 0 Å². The SMILES string of the molecule is CC.CCC1CCCC(CC)C1(c1ccccc1)c1ccc(O)cc1. The summed E-state index contributed by atoms with van der Waals surface area (Å²) >= 11 is 0. The number of rotatable bonds is 4.